The molecule has 2 aromatic carbocycles. The van der Waals surface area contributed by atoms with E-state index in [0.717, 1.165) is 12.1 Å². The van der Waals surface area contributed by atoms with Gasteiger partial charge in [0.15, 0.2) is 0 Å². The molecule has 2 aromatic rings. The van der Waals surface area contributed by atoms with Crippen molar-refractivity contribution in [3.05, 3.63) is 47.7 Å². The fourth-order valence-electron chi connectivity index (χ4n) is 1.95. The van der Waals surface area contributed by atoms with E-state index in [1.54, 1.807) is 0 Å². The topological polar surface area (TPSA) is 162 Å². The molecule has 0 saturated heterocycles. The Labute approximate surface area is 136 Å². The van der Waals surface area contributed by atoms with Gasteiger partial charge in [0.2, 0.25) is 0 Å². The molecule has 0 fully saturated rings. The van der Waals surface area contributed by atoms with Crippen LogP contribution in [0.5, 0.6) is 0 Å². The molecule has 23 heavy (non-hydrogen) atoms. The summed E-state index contributed by atoms with van der Waals surface area (Å²) in [5, 5.41) is 19.5. The van der Waals surface area contributed by atoms with Gasteiger partial charge in [0.05, 0.1) is 0 Å². The zero-order chi connectivity index (χ0) is 17.4. The van der Waals surface area contributed by atoms with Crippen LogP contribution in [0.25, 0.3) is 11.1 Å². The predicted molar refractivity (Wildman–Crippen MR) is 80.5 cm³/mol. The Kier molecular flexibility index (Phi) is 4.96. The second kappa shape index (κ2) is 6.31. The van der Waals surface area contributed by atoms with Gasteiger partial charge in [0.1, 0.15) is 0 Å². The first-order valence-corrected chi connectivity index (χ1v) is 12.8. The zero-order valence-electron chi connectivity index (χ0n) is 11.3. The molecule has 9 nitrogen and oxygen atoms in total. The van der Waals surface area contributed by atoms with Crippen molar-refractivity contribution in [3.8, 4) is 11.1 Å². The molecule has 0 aliphatic rings. The number of rotatable bonds is 4. The zero-order valence-corrected chi connectivity index (χ0v) is 15.1. The van der Waals surface area contributed by atoms with Gasteiger partial charge >= 0.3 is 136 Å². The number of benzene rings is 2. The third-order valence-corrected chi connectivity index (χ3v) is 7.18. The van der Waals surface area contributed by atoms with Gasteiger partial charge < -0.3 is 0 Å². The van der Waals surface area contributed by atoms with Gasteiger partial charge in [-0.25, -0.2) is 0 Å². The molecule has 0 spiro atoms. The van der Waals surface area contributed by atoms with E-state index >= 15 is 0 Å². The molecule has 0 unspecified atom stereocenters. The van der Waals surface area contributed by atoms with Crippen LogP contribution in [0.4, 0.5) is 5.69 Å². The minimum atomic E-state index is -5.40. The van der Waals surface area contributed by atoms with Crippen molar-refractivity contribution in [2.75, 3.05) is 5.23 Å². The average molecular weight is 448 g/mol. The number of hydrogen-bond donors (Lipinski definition) is 5. The molecule has 0 heterocycles. The summed E-state index contributed by atoms with van der Waals surface area (Å²) in [6.45, 7) is 0. The first kappa shape index (κ1) is 18.1. The van der Waals surface area contributed by atoms with Gasteiger partial charge in [-0.05, 0) is 0 Å². The van der Waals surface area contributed by atoms with E-state index in [1.807, 2.05) is 0 Å². The maximum absolute atomic E-state index is 11.4. The Morgan fingerprint density at radius 1 is 0.826 bits per heavy atom. The third kappa shape index (κ3) is 4.17. The van der Waals surface area contributed by atoms with Crippen molar-refractivity contribution in [1.29, 1.82) is 0 Å². The monoisotopic (exact) mass is 448 g/mol. The quantitative estimate of drug-likeness (QED) is 0.268. The third-order valence-electron chi connectivity index (χ3n) is 3.03. The van der Waals surface area contributed by atoms with Gasteiger partial charge in [0.25, 0.3) is 0 Å². The Bertz CT molecular complexity index is 808. The van der Waals surface area contributed by atoms with E-state index in [2.05, 4.69) is 0 Å². The Morgan fingerprint density at radius 3 is 1.78 bits per heavy atom. The maximum atomic E-state index is 11.4. The first-order valence-electron chi connectivity index (χ1n) is 6.03. The fraction of sp³-hybridized carbons (Fsp3) is 0. The molecule has 0 aliphatic carbocycles. The summed E-state index contributed by atoms with van der Waals surface area (Å²) in [5.41, 5.74) is 0.204. The Balaban J connectivity index is 2.51. The molecule has 0 bridgehead atoms. The molecule has 124 valence electrons. The van der Waals surface area contributed by atoms with E-state index in [-0.39, 0.29) is 4.35 Å². The average Bonchev–Trinajstić information content (AvgIpc) is 2.45. The van der Waals surface area contributed by atoms with Crippen LogP contribution in [0.2, 0.25) is 0 Å². The Morgan fingerprint density at radius 2 is 1.35 bits per heavy atom. The number of anilines is 1. The van der Waals surface area contributed by atoms with Crippen molar-refractivity contribution >= 4 is 42.7 Å². The molecule has 0 radical (unpaired) electrons. The summed E-state index contributed by atoms with van der Waals surface area (Å²) < 4.78 is 58.5. The summed E-state index contributed by atoms with van der Waals surface area (Å²) in [4.78, 5) is 0. The SMILES string of the molecule is O=[As](O)(O)c1ccc(-c2ccc([As](=O)(O)O)c(N([O-])O)c2)cc1. The summed E-state index contributed by atoms with van der Waals surface area (Å²) in [5.74, 6) is 0. The van der Waals surface area contributed by atoms with Crippen LogP contribution in [-0.4, -0.2) is 49.9 Å². The standard InChI is InChI=1S/C12H12As2NO8/c16-13(17,18)10-4-1-8(2-5-10)9-3-6-11(14(19,20)21)12(7-9)15(22)23/h1-7,22H,(H2,16,17,18)(H2,19,20,21)/q-1. The Hall–Kier alpha value is -1.28. The number of nitrogens with zero attached hydrogens (tertiary/aromatic N) is 1. The van der Waals surface area contributed by atoms with Crippen molar-refractivity contribution in [2.24, 2.45) is 0 Å². The van der Waals surface area contributed by atoms with E-state index in [0.29, 0.717) is 11.1 Å². The van der Waals surface area contributed by atoms with Crippen molar-refractivity contribution in [1.82, 2.24) is 0 Å². The van der Waals surface area contributed by atoms with Crippen LogP contribution in [-0.2, 0) is 7.48 Å². The van der Waals surface area contributed by atoms with E-state index in [4.69, 9.17) is 13.4 Å². The van der Waals surface area contributed by atoms with E-state index < -0.39 is 43.6 Å². The second-order valence-electron chi connectivity index (χ2n) is 4.61. The molecule has 0 aliphatic heterocycles. The van der Waals surface area contributed by atoms with Crippen LogP contribution in [0.3, 0.4) is 0 Å². The predicted octanol–water partition coefficient (Wildman–Crippen LogP) is -1.83. The van der Waals surface area contributed by atoms with Gasteiger partial charge in [-0.2, -0.15) is 0 Å². The van der Waals surface area contributed by atoms with Gasteiger partial charge in [0, 0.05) is 0 Å². The van der Waals surface area contributed by atoms with Gasteiger partial charge in [-0.3, -0.25) is 0 Å². The molecule has 11 heteroatoms. The van der Waals surface area contributed by atoms with Gasteiger partial charge in [-0.1, -0.05) is 0 Å². The molecule has 0 amide bonds. The first-order chi connectivity index (χ1) is 10.5. The molecule has 0 aromatic heterocycles. The summed E-state index contributed by atoms with van der Waals surface area (Å²) in [7, 11) is 0. The molecular formula is C12H12As2NO8-. The molecule has 0 atom stereocenters. The van der Waals surface area contributed by atoms with Gasteiger partial charge in [-0.15, -0.1) is 0 Å². The van der Waals surface area contributed by atoms with Crippen LogP contribution in [0.1, 0.15) is 0 Å². The molecular weight excluding hydrogens is 436 g/mol. The van der Waals surface area contributed by atoms with Crippen molar-refractivity contribution in [2.45, 2.75) is 0 Å². The van der Waals surface area contributed by atoms with Crippen molar-refractivity contribution in [3.63, 3.8) is 0 Å². The van der Waals surface area contributed by atoms with Crippen LogP contribution in [0.15, 0.2) is 42.5 Å². The summed E-state index contributed by atoms with van der Waals surface area (Å²) in [6, 6.07) is 8.69. The summed E-state index contributed by atoms with van der Waals surface area (Å²) in [6.07, 6.45) is 0. The minimum absolute atomic E-state index is 0.130. The molecule has 0 saturated carbocycles. The van der Waals surface area contributed by atoms with E-state index in [9.17, 15) is 20.9 Å². The molecule has 5 N–H and O–H groups in total. The normalized spacial score (nSPS) is 12.3. The number of hydrogen-bond acceptors (Lipinski definition) is 5. The summed E-state index contributed by atoms with van der Waals surface area (Å²) >= 11 is -10.4. The fourth-order valence-corrected chi connectivity index (χ4v) is 4.58. The van der Waals surface area contributed by atoms with Crippen LogP contribution < -0.4 is 13.9 Å². The van der Waals surface area contributed by atoms with Crippen molar-refractivity contribution < 1.29 is 29.1 Å². The van der Waals surface area contributed by atoms with E-state index in [1.165, 1.54) is 30.3 Å². The second-order valence-corrected chi connectivity index (χ2v) is 11.3. The van der Waals surface area contributed by atoms with Crippen LogP contribution >= 0.6 is 0 Å². The molecule has 2 rings (SSSR count). The van der Waals surface area contributed by atoms with Crippen LogP contribution in [0, 0.1) is 5.21 Å².